The maximum Gasteiger partial charge on any atom is 0.339 e. The predicted molar refractivity (Wildman–Crippen MR) is 109 cm³/mol. The second-order valence-corrected chi connectivity index (χ2v) is 6.57. The monoisotopic (exact) mass is 404 g/mol. The smallest absolute Gasteiger partial charge is 0.339 e. The van der Waals surface area contributed by atoms with Crippen molar-refractivity contribution in [3.8, 4) is 11.5 Å². The SMILES string of the molecule is C[C@@H](OC(=O)c1cc(-c2ccco2)nc2ccccc12)C(=O)Nc1ccccc1F. The maximum absolute atomic E-state index is 13.8. The third-order valence-electron chi connectivity index (χ3n) is 4.49. The van der Waals surface area contributed by atoms with Crippen LogP contribution in [0.15, 0.2) is 77.4 Å². The number of carbonyl (C=O) groups excluding carboxylic acids is 2. The summed E-state index contributed by atoms with van der Waals surface area (Å²) in [5.41, 5.74) is 1.31. The number of nitrogens with one attached hydrogen (secondary N) is 1. The van der Waals surface area contributed by atoms with Crippen molar-refractivity contribution in [3.63, 3.8) is 0 Å². The Morgan fingerprint density at radius 1 is 1.07 bits per heavy atom. The minimum atomic E-state index is -1.14. The molecule has 0 aliphatic carbocycles. The first-order valence-electron chi connectivity index (χ1n) is 9.23. The molecule has 2 heterocycles. The lowest BCUT2D eigenvalue weighted by molar-refractivity contribution is -0.123. The van der Waals surface area contributed by atoms with Crippen LogP contribution in [0.1, 0.15) is 17.3 Å². The fourth-order valence-electron chi connectivity index (χ4n) is 2.97. The van der Waals surface area contributed by atoms with Gasteiger partial charge >= 0.3 is 5.97 Å². The Labute approximate surface area is 171 Å². The summed E-state index contributed by atoms with van der Waals surface area (Å²) in [7, 11) is 0. The van der Waals surface area contributed by atoms with E-state index in [0.29, 0.717) is 22.4 Å². The number of ether oxygens (including phenoxy) is 1. The minimum Gasteiger partial charge on any atom is -0.463 e. The highest BCUT2D eigenvalue weighted by Crippen LogP contribution is 2.26. The van der Waals surface area contributed by atoms with E-state index < -0.39 is 23.8 Å². The molecule has 0 fully saturated rings. The Morgan fingerprint density at radius 3 is 2.60 bits per heavy atom. The molecule has 1 atom stereocenters. The number of nitrogens with zero attached hydrogens (tertiary/aromatic N) is 1. The fraction of sp³-hybridized carbons (Fsp3) is 0.0870. The molecule has 6 nitrogen and oxygen atoms in total. The summed E-state index contributed by atoms with van der Waals surface area (Å²) >= 11 is 0. The number of hydrogen-bond acceptors (Lipinski definition) is 5. The van der Waals surface area contributed by atoms with Gasteiger partial charge in [0.1, 0.15) is 11.5 Å². The van der Waals surface area contributed by atoms with Crippen molar-refractivity contribution in [3.05, 3.63) is 84.4 Å². The number of esters is 1. The van der Waals surface area contributed by atoms with Crippen LogP contribution in [0.3, 0.4) is 0 Å². The van der Waals surface area contributed by atoms with Crippen LogP contribution in [0, 0.1) is 5.82 Å². The van der Waals surface area contributed by atoms with Crippen LogP contribution >= 0.6 is 0 Å². The first-order valence-corrected chi connectivity index (χ1v) is 9.23. The number of halogens is 1. The second-order valence-electron chi connectivity index (χ2n) is 6.57. The molecule has 7 heteroatoms. The number of anilines is 1. The standard InChI is InChI=1S/C23H17FN2O4/c1-14(22(27)26-19-10-5-3-8-17(19)24)30-23(28)16-13-20(21-11-6-12-29-21)25-18-9-4-2-7-15(16)18/h2-14H,1H3,(H,26,27)/t14-/m1/s1. The number of para-hydroxylation sites is 2. The maximum atomic E-state index is 13.8. The molecule has 30 heavy (non-hydrogen) atoms. The molecule has 2 aromatic carbocycles. The number of carbonyl (C=O) groups is 2. The van der Waals surface area contributed by atoms with Crippen molar-refractivity contribution in [2.24, 2.45) is 0 Å². The van der Waals surface area contributed by atoms with Gasteiger partial charge in [-0.2, -0.15) is 0 Å². The van der Waals surface area contributed by atoms with E-state index in [0.717, 1.165) is 0 Å². The Bertz CT molecular complexity index is 1220. The van der Waals surface area contributed by atoms with Crippen molar-refractivity contribution in [1.29, 1.82) is 0 Å². The fourth-order valence-corrected chi connectivity index (χ4v) is 2.97. The molecule has 4 aromatic rings. The van der Waals surface area contributed by atoms with Gasteiger partial charge in [0.15, 0.2) is 11.9 Å². The number of aromatic nitrogens is 1. The van der Waals surface area contributed by atoms with Crippen molar-refractivity contribution >= 4 is 28.5 Å². The van der Waals surface area contributed by atoms with Gasteiger partial charge in [-0.05, 0) is 43.3 Å². The number of fused-ring (bicyclic) bond motifs is 1. The highest BCUT2D eigenvalue weighted by atomic mass is 19.1. The van der Waals surface area contributed by atoms with E-state index in [2.05, 4.69) is 10.3 Å². The first-order chi connectivity index (χ1) is 14.5. The van der Waals surface area contributed by atoms with Gasteiger partial charge in [0.05, 0.1) is 23.0 Å². The summed E-state index contributed by atoms with van der Waals surface area (Å²) in [5, 5.41) is 3.00. The van der Waals surface area contributed by atoms with Gasteiger partial charge in [-0.25, -0.2) is 14.2 Å². The average molecular weight is 404 g/mol. The zero-order chi connectivity index (χ0) is 21.1. The summed E-state index contributed by atoms with van der Waals surface area (Å²) in [4.78, 5) is 29.8. The van der Waals surface area contributed by atoms with Crippen LogP contribution in [0.25, 0.3) is 22.4 Å². The van der Waals surface area contributed by atoms with Crippen molar-refractivity contribution in [2.45, 2.75) is 13.0 Å². The number of rotatable bonds is 5. The normalized spacial score (nSPS) is 11.8. The van der Waals surface area contributed by atoms with E-state index in [1.165, 1.54) is 31.4 Å². The third kappa shape index (κ3) is 3.91. The summed E-state index contributed by atoms with van der Waals surface area (Å²) in [6.07, 6.45) is 0.371. The highest BCUT2D eigenvalue weighted by Gasteiger charge is 2.22. The molecule has 2 aromatic heterocycles. The molecule has 0 saturated carbocycles. The van der Waals surface area contributed by atoms with Crippen LogP contribution < -0.4 is 5.32 Å². The summed E-state index contributed by atoms with van der Waals surface area (Å²) < 4.78 is 24.5. The molecule has 1 N–H and O–H groups in total. The number of benzene rings is 2. The molecule has 0 radical (unpaired) electrons. The number of pyridine rings is 1. The van der Waals surface area contributed by atoms with Crippen LogP contribution in [-0.4, -0.2) is 23.0 Å². The summed E-state index contributed by atoms with van der Waals surface area (Å²) in [5.74, 6) is -1.41. The lowest BCUT2D eigenvalue weighted by atomic mass is 10.1. The number of furan rings is 1. The lowest BCUT2D eigenvalue weighted by Gasteiger charge is -2.15. The highest BCUT2D eigenvalue weighted by molar-refractivity contribution is 6.05. The van der Waals surface area contributed by atoms with Gasteiger partial charge in [0.25, 0.3) is 5.91 Å². The Balaban J connectivity index is 1.59. The van der Waals surface area contributed by atoms with E-state index in [1.54, 1.807) is 48.5 Å². The van der Waals surface area contributed by atoms with E-state index in [9.17, 15) is 14.0 Å². The van der Waals surface area contributed by atoms with Gasteiger partial charge in [-0.1, -0.05) is 30.3 Å². The van der Waals surface area contributed by atoms with Gasteiger partial charge in [0.2, 0.25) is 0 Å². The molecule has 0 bridgehead atoms. The van der Waals surface area contributed by atoms with Gasteiger partial charge in [0, 0.05) is 5.39 Å². The molecule has 0 spiro atoms. The summed E-state index contributed by atoms with van der Waals surface area (Å²) in [6, 6.07) is 17.9. The van der Waals surface area contributed by atoms with Crippen LogP contribution in [0.2, 0.25) is 0 Å². The number of amides is 1. The van der Waals surface area contributed by atoms with Crippen LogP contribution in [0.4, 0.5) is 10.1 Å². The topological polar surface area (TPSA) is 81.4 Å². The average Bonchev–Trinajstić information content (AvgIpc) is 3.29. The molecule has 0 aliphatic heterocycles. The van der Waals surface area contributed by atoms with Gasteiger partial charge < -0.3 is 14.5 Å². The van der Waals surface area contributed by atoms with E-state index >= 15 is 0 Å². The van der Waals surface area contributed by atoms with Crippen molar-refractivity contribution < 1.29 is 23.1 Å². The van der Waals surface area contributed by atoms with E-state index in [4.69, 9.17) is 9.15 Å². The first kappa shape index (κ1) is 19.3. The van der Waals surface area contributed by atoms with E-state index in [1.807, 2.05) is 0 Å². The van der Waals surface area contributed by atoms with Crippen molar-refractivity contribution in [1.82, 2.24) is 4.98 Å². The molecule has 4 rings (SSSR count). The number of hydrogen-bond donors (Lipinski definition) is 1. The van der Waals surface area contributed by atoms with Gasteiger partial charge in [-0.3, -0.25) is 4.79 Å². The Morgan fingerprint density at radius 2 is 1.83 bits per heavy atom. The van der Waals surface area contributed by atoms with E-state index in [-0.39, 0.29) is 11.3 Å². The molecular formula is C23H17FN2O4. The molecule has 0 unspecified atom stereocenters. The van der Waals surface area contributed by atoms with Crippen LogP contribution in [0.5, 0.6) is 0 Å². The zero-order valence-electron chi connectivity index (χ0n) is 16.0. The molecule has 150 valence electrons. The summed E-state index contributed by atoms with van der Waals surface area (Å²) in [6.45, 7) is 1.42. The van der Waals surface area contributed by atoms with Gasteiger partial charge in [-0.15, -0.1) is 0 Å². The lowest BCUT2D eigenvalue weighted by Crippen LogP contribution is -2.30. The minimum absolute atomic E-state index is 0.0138. The largest absolute Gasteiger partial charge is 0.463 e. The third-order valence-corrected chi connectivity index (χ3v) is 4.49. The Kier molecular flexibility index (Phi) is 5.26. The molecule has 1 amide bonds. The van der Waals surface area contributed by atoms with Crippen LogP contribution in [-0.2, 0) is 9.53 Å². The van der Waals surface area contributed by atoms with Crippen molar-refractivity contribution in [2.75, 3.05) is 5.32 Å². The quantitative estimate of drug-likeness (QED) is 0.483. The molecular weight excluding hydrogens is 387 g/mol. The predicted octanol–water partition coefficient (Wildman–Crippen LogP) is 4.82. The second kappa shape index (κ2) is 8.16. The molecule has 0 saturated heterocycles. The molecule has 0 aliphatic rings. The zero-order valence-corrected chi connectivity index (χ0v) is 16.0. The Hall–Kier alpha value is -4.00.